The Morgan fingerprint density at radius 2 is 1.91 bits per heavy atom. The van der Waals surface area contributed by atoms with E-state index in [2.05, 4.69) is 31.3 Å². The number of methoxy groups -OCH3 is 1. The maximum atomic E-state index is 9.21. The number of nitrogens with one attached hydrogen (secondary N) is 1. The van der Waals surface area contributed by atoms with Crippen LogP contribution in [0, 0.1) is 11.8 Å². The highest BCUT2D eigenvalue weighted by atomic mass is 16.5. The highest BCUT2D eigenvalue weighted by Crippen LogP contribution is 2.29. The van der Waals surface area contributed by atoms with Crippen molar-refractivity contribution in [2.45, 2.75) is 52.1 Å². The molecule has 1 fully saturated rings. The summed E-state index contributed by atoms with van der Waals surface area (Å²) in [4.78, 5) is 0. The van der Waals surface area contributed by atoms with Crippen molar-refractivity contribution in [1.82, 2.24) is 5.32 Å². The van der Waals surface area contributed by atoms with Gasteiger partial charge in [-0.15, -0.1) is 0 Å². The molecule has 23 heavy (non-hydrogen) atoms. The Bertz CT molecular complexity index is 468. The van der Waals surface area contributed by atoms with Crippen molar-refractivity contribution in [2.24, 2.45) is 11.8 Å². The highest BCUT2D eigenvalue weighted by molar-refractivity contribution is 5.43. The van der Waals surface area contributed by atoms with Crippen molar-refractivity contribution < 1.29 is 14.6 Å². The van der Waals surface area contributed by atoms with Gasteiger partial charge in [0.05, 0.1) is 13.7 Å². The molecule has 0 atom stereocenters. The lowest BCUT2D eigenvalue weighted by molar-refractivity contribution is 0.175. The average molecular weight is 321 g/mol. The number of aliphatic hydroxyl groups excluding tert-OH is 1. The Labute approximate surface area is 140 Å². The summed E-state index contributed by atoms with van der Waals surface area (Å²) in [5.41, 5.74) is 1.22. The van der Waals surface area contributed by atoms with Crippen LogP contribution in [0.15, 0.2) is 18.2 Å². The van der Waals surface area contributed by atoms with Crippen LogP contribution in [-0.2, 0) is 6.54 Å². The summed E-state index contributed by atoms with van der Waals surface area (Å²) in [7, 11) is 1.68. The minimum absolute atomic E-state index is 0.335. The maximum Gasteiger partial charge on any atom is 0.161 e. The summed E-state index contributed by atoms with van der Waals surface area (Å²) >= 11 is 0. The number of benzene rings is 1. The molecule has 1 aromatic rings. The number of hydrogen-bond acceptors (Lipinski definition) is 4. The lowest BCUT2D eigenvalue weighted by atomic mass is 9.86. The lowest BCUT2D eigenvalue weighted by Gasteiger charge is -2.28. The van der Waals surface area contributed by atoms with Crippen molar-refractivity contribution in [3.05, 3.63) is 23.8 Å². The molecule has 0 aromatic heterocycles. The van der Waals surface area contributed by atoms with E-state index in [1.165, 1.54) is 5.56 Å². The minimum atomic E-state index is 0.335. The van der Waals surface area contributed by atoms with Gasteiger partial charge in [-0.25, -0.2) is 0 Å². The summed E-state index contributed by atoms with van der Waals surface area (Å²) in [5, 5.41) is 12.8. The van der Waals surface area contributed by atoms with Crippen LogP contribution in [0.3, 0.4) is 0 Å². The SMILES string of the molecule is COc1ccc(CNC2CCC(CO)CC2)cc1OCC(C)C. The topological polar surface area (TPSA) is 50.7 Å². The first-order valence-corrected chi connectivity index (χ1v) is 8.76. The fraction of sp³-hybridized carbons (Fsp3) is 0.684. The minimum Gasteiger partial charge on any atom is -0.493 e. The van der Waals surface area contributed by atoms with E-state index in [1.807, 2.05) is 6.07 Å². The molecule has 0 radical (unpaired) electrons. The van der Waals surface area contributed by atoms with E-state index in [9.17, 15) is 5.11 Å². The zero-order chi connectivity index (χ0) is 16.7. The maximum absolute atomic E-state index is 9.21. The van der Waals surface area contributed by atoms with Gasteiger partial charge in [-0.1, -0.05) is 19.9 Å². The first-order chi connectivity index (χ1) is 11.1. The number of ether oxygens (including phenoxy) is 2. The summed E-state index contributed by atoms with van der Waals surface area (Å²) in [6.07, 6.45) is 4.55. The smallest absolute Gasteiger partial charge is 0.161 e. The van der Waals surface area contributed by atoms with Crippen LogP contribution in [0.5, 0.6) is 11.5 Å². The first-order valence-electron chi connectivity index (χ1n) is 8.76. The lowest BCUT2D eigenvalue weighted by Crippen LogP contribution is -2.33. The third-order valence-electron chi connectivity index (χ3n) is 4.50. The molecule has 0 bridgehead atoms. The van der Waals surface area contributed by atoms with Crippen LogP contribution in [0.2, 0.25) is 0 Å². The predicted molar refractivity (Wildman–Crippen MR) is 93.0 cm³/mol. The Balaban J connectivity index is 1.88. The standard InChI is InChI=1S/C19H31NO3/c1-14(2)13-23-19-10-16(6-9-18(19)22-3)11-20-17-7-4-15(12-21)5-8-17/h6,9-10,14-15,17,20-21H,4-5,7-8,11-13H2,1-3H3. The third-order valence-corrected chi connectivity index (χ3v) is 4.50. The van der Waals surface area contributed by atoms with Gasteiger partial charge in [0, 0.05) is 19.2 Å². The average Bonchev–Trinajstić information content (AvgIpc) is 2.58. The van der Waals surface area contributed by atoms with Crippen LogP contribution < -0.4 is 14.8 Å². The number of rotatable bonds is 8. The second-order valence-corrected chi connectivity index (χ2v) is 6.97. The molecule has 2 N–H and O–H groups in total. The van der Waals surface area contributed by atoms with Crippen molar-refractivity contribution in [2.75, 3.05) is 20.3 Å². The van der Waals surface area contributed by atoms with Crippen LogP contribution in [-0.4, -0.2) is 31.5 Å². The van der Waals surface area contributed by atoms with Gasteiger partial charge < -0.3 is 19.9 Å². The molecule has 4 heteroatoms. The summed E-state index contributed by atoms with van der Waals surface area (Å²) in [5.74, 6) is 2.61. The molecule has 0 aliphatic heterocycles. The Morgan fingerprint density at radius 3 is 2.52 bits per heavy atom. The third kappa shape index (κ3) is 5.70. The Hall–Kier alpha value is -1.26. The molecule has 0 saturated heterocycles. The van der Waals surface area contributed by atoms with Crippen LogP contribution in [0.4, 0.5) is 0 Å². The van der Waals surface area contributed by atoms with Gasteiger partial charge >= 0.3 is 0 Å². The molecule has 0 amide bonds. The molecule has 1 aliphatic carbocycles. The van der Waals surface area contributed by atoms with Crippen molar-refractivity contribution in [3.63, 3.8) is 0 Å². The van der Waals surface area contributed by atoms with Gasteiger partial charge in [0.1, 0.15) is 0 Å². The Morgan fingerprint density at radius 1 is 1.17 bits per heavy atom. The van der Waals surface area contributed by atoms with E-state index in [-0.39, 0.29) is 0 Å². The molecule has 1 aromatic carbocycles. The van der Waals surface area contributed by atoms with Gasteiger partial charge in [-0.2, -0.15) is 0 Å². The fourth-order valence-corrected chi connectivity index (χ4v) is 3.01. The molecule has 1 aliphatic rings. The molecule has 2 rings (SSSR count). The first kappa shape index (κ1) is 18.1. The zero-order valence-corrected chi connectivity index (χ0v) is 14.7. The normalized spacial score (nSPS) is 21.4. The van der Waals surface area contributed by atoms with Gasteiger partial charge in [0.2, 0.25) is 0 Å². The molecular weight excluding hydrogens is 290 g/mol. The van der Waals surface area contributed by atoms with Gasteiger partial charge in [-0.3, -0.25) is 0 Å². The van der Waals surface area contributed by atoms with E-state index >= 15 is 0 Å². The van der Waals surface area contributed by atoms with Crippen molar-refractivity contribution in [1.29, 1.82) is 0 Å². The predicted octanol–water partition coefficient (Wildman–Crippen LogP) is 3.37. The van der Waals surface area contributed by atoms with E-state index in [0.29, 0.717) is 31.1 Å². The van der Waals surface area contributed by atoms with Gasteiger partial charge in [0.15, 0.2) is 11.5 Å². The highest BCUT2D eigenvalue weighted by Gasteiger charge is 2.20. The molecule has 130 valence electrons. The molecule has 1 saturated carbocycles. The van der Waals surface area contributed by atoms with Crippen LogP contribution in [0.1, 0.15) is 45.1 Å². The van der Waals surface area contributed by atoms with E-state index in [4.69, 9.17) is 9.47 Å². The second kappa shape index (κ2) is 9.14. The largest absolute Gasteiger partial charge is 0.493 e. The van der Waals surface area contributed by atoms with E-state index < -0.39 is 0 Å². The van der Waals surface area contributed by atoms with Crippen molar-refractivity contribution >= 4 is 0 Å². The molecule has 0 spiro atoms. The quantitative estimate of drug-likeness (QED) is 0.771. The van der Waals surface area contributed by atoms with E-state index in [0.717, 1.165) is 43.7 Å². The molecule has 0 unspecified atom stereocenters. The molecule has 4 nitrogen and oxygen atoms in total. The summed E-state index contributed by atoms with van der Waals surface area (Å²) in [6.45, 7) is 6.15. The number of aliphatic hydroxyl groups is 1. The van der Waals surface area contributed by atoms with Gasteiger partial charge in [0.25, 0.3) is 0 Å². The Kier molecular flexibility index (Phi) is 7.18. The second-order valence-electron chi connectivity index (χ2n) is 6.97. The van der Waals surface area contributed by atoms with Gasteiger partial charge in [-0.05, 0) is 55.2 Å². The zero-order valence-electron chi connectivity index (χ0n) is 14.7. The fourth-order valence-electron chi connectivity index (χ4n) is 3.01. The summed E-state index contributed by atoms with van der Waals surface area (Å²) < 4.78 is 11.3. The molecular formula is C19H31NO3. The summed E-state index contributed by atoms with van der Waals surface area (Å²) in [6, 6.07) is 6.70. The van der Waals surface area contributed by atoms with Crippen LogP contribution in [0.25, 0.3) is 0 Å². The number of hydrogen-bond donors (Lipinski definition) is 2. The van der Waals surface area contributed by atoms with Crippen molar-refractivity contribution in [3.8, 4) is 11.5 Å². The van der Waals surface area contributed by atoms with E-state index in [1.54, 1.807) is 7.11 Å². The monoisotopic (exact) mass is 321 g/mol. The molecule has 0 heterocycles. The van der Waals surface area contributed by atoms with Crippen LogP contribution >= 0.6 is 0 Å².